The molecule has 106 valence electrons. The summed E-state index contributed by atoms with van der Waals surface area (Å²) in [7, 11) is 3.27. The molecular weight excluding hydrogens is 258 g/mol. The van der Waals surface area contributed by atoms with Crippen LogP contribution in [0.15, 0.2) is 30.5 Å². The van der Waals surface area contributed by atoms with Gasteiger partial charge in [-0.1, -0.05) is 0 Å². The minimum Gasteiger partial charge on any atom is -0.497 e. The number of ether oxygens (including phenoxy) is 2. The summed E-state index contributed by atoms with van der Waals surface area (Å²) in [4.78, 5) is 4.30. The van der Waals surface area contributed by atoms with Crippen molar-refractivity contribution < 1.29 is 9.47 Å². The summed E-state index contributed by atoms with van der Waals surface area (Å²) in [6.45, 7) is 1.21. The van der Waals surface area contributed by atoms with E-state index in [9.17, 15) is 0 Å². The minimum atomic E-state index is 0.459. The number of benzene rings is 1. The molecule has 0 aliphatic rings. The summed E-state index contributed by atoms with van der Waals surface area (Å²) in [5.74, 6) is 1.88. The molecule has 0 radical (unpaired) electrons. The van der Waals surface area contributed by atoms with Gasteiger partial charge in [0.2, 0.25) is 5.95 Å². The molecule has 0 unspecified atom stereocenters. The summed E-state index contributed by atoms with van der Waals surface area (Å²) in [6, 6.07) is 7.54. The molecule has 20 heavy (non-hydrogen) atoms. The van der Waals surface area contributed by atoms with Crippen molar-refractivity contribution in [3.05, 3.63) is 30.5 Å². The Bertz CT molecular complexity index is 533. The number of hydrogen-bond donors (Lipinski definition) is 2. The van der Waals surface area contributed by atoms with Crippen molar-refractivity contribution in [2.24, 2.45) is 0 Å². The molecule has 0 saturated carbocycles. The average molecular weight is 275 g/mol. The molecule has 0 bridgehead atoms. The number of hydrogen-bond acceptors (Lipinski definition) is 7. The predicted molar refractivity (Wildman–Crippen MR) is 76.5 cm³/mol. The Morgan fingerprint density at radius 3 is 2.65 bits per heavy atom. The molecule has 1 heterocycles. The van der Waals surface area contributed by atoms with Gasteiger partial charge in [-0.25, -0.2) is 0 Å². The van der Waals surface area contributed by atoms with Gasteiger partial charge >= 0.3 is 0 Å². The van der Waals surface area contributed by atoms with Crippen LogP contribution in [-0.2, 0) is 4.74 Å². The number of nitrogens with one attached hydrogen (secondary N) is 2. The number of methoxy groups -OCH3 is 2. The predicted octanol–water partition coefficient (Wildman–Crippen LogP) is 1.68. The molecule has 1 aromatic heterocycles. The maximum Gasteiger partial charge on any atom is 0.244 e. The smallest absolute Gasteiger partial charge is 0.244 e. The van der Waals surface area contributed by atoms with Crippen LogP contribution in [0.1, 0.15) is 0 Å². The largest absolute Gasteiger partial charge is 0.497 e. The SMILES string of the molecule is COCCNc1nncc(Nc2ccc(OC)cc2)n1. The maximum absolute atomic E-state index is 5.11. The van der Waals surface area contributed by atoms with Crippen LogP contribution in [0.4, 0.5) is 17.5 Å². The molecule has 2 aromatic rings. The first-order valence-electron chi connectivity index (χ1n) is 6.15. The van der Waals surface area contributed by atoms with Gasteiger partial charge in [0.15, 0.2) is 5.82 Å². The third kappa shape index (κ3) is 4.06. The molecule has 2 rings (SSSR count). The molecule has 0 saturated heterocycles. The summed E-state index contributed by atoms with van der Waals surface area (Å²) >= 11 is 0. The van der Waals surface area contributed by atoms with E-state index in [0.717, 1.165) is 11.4 Å². The van der Waals surface area contributed by atoms with Gasteiger partial charge in [-0.15, -0.1) is 5.10 Å². The molecule has 0 spiro atoms. The Morgan fingerprint density at radius 2 is 1.95 bits per heavy atom. The van der Waals surface area contributed by atoms with E-state index in [-0.39, 0.29) is 0 Å². The van der Waals surface area contributed by atoms with Crippen LogP contribution in [0.2, 0.25) is 0 Å². The lowest BCUT2D eigenvalue weighted by molar-refractivity contribution is 0.210. The lowest BCUT2D eigenvalue weighted by Gasteiger charge is -2.08. The second-order valence-corrected chi connectivity index (χ2v) is 3.94. The van der Waals surface area contributed by atoms with Crippen molar-refractivity contribution in [1.29, 1.82) is 0 Å². The van der Waals surface area contributed by atoms with Crippen LogP contribution in [0.25, 0.3) is 0 Å². The highest BCUT2D eigenvalue weighted by atomic mass is 16.5. The van der Waals surface area contributed by atoms with E-state index in [1.54, 1.807) is 20.4 Å². The fraction of sp³-hybridized carbons (Fsp3) is 0.308. The van der Waals surface area contributed by atoms with Crippen LogP contribution >= 0.6 is 0 Å². The van der Waals surface area contributed by atoms with Gasteiger partial charge in [-0.3, -0.25) is 0 Å². The number of nitrogens with zero attached hydrogens (tertiary/aromatic N) is 3. The first-order valence-corrected chi connectivity index (χ1v) is 6.15. The minimum absolute atomic E-state index is 0.459. The van der Waals surface area contributed by atoms with Crippen molar-refractivity contribution in [2.75, 3.05) is 38.0 Å². The maximum atomic E-state index is 5.11. The quantitative estimate of drug-likeness (QED) is 0.744. The van der Waals surface area contributed by atoms with Crippen molar-refractivity contribution >= 4 is 17.5 Å². The van der Waals surface area contributed by atoms with E-state index in [0.29, 0.717) is 24.9 Å². The molecule has 7 heteroatoms. The van der Waals surface area contributed by atoms with Crippen LogP contribution < -0.4 is 15.4 Å². The van der Waals surface area contributed by atoms with Crippen LogP contribution in [0.5, 0.6) is 5.75 Å². The zero-order valence-corrected chi connectivity index (χ0v) is 11.5. The van der Waals surface area contributed by atoms with Crippen LogP contribution in [-0.4, -0.2) is 42.6 Å². The summed E-state index contributed by atoms with van der Waals surface area (Å²) < 4.78 is 10.1. The van der Waals surface area contributed by atoms with Gasteiger partial charge in [-0.2, -0.15) is 10.1 Å². The third-order valence-electron chi connectivity index (χ3n) is 2.51. The first-order chi connectivity index (χ1) is 9.81. The Kier molecular flexibility index (Phi) is 5.08. The molecular formula is C13H17N5O2. The van der Waals surface area contributed by atoms with E-state index in [4.69, 9.17) is 9.47 Å². The fourth-order valence-corrected chi connectivity index (χ4v) is 1.53. The standard InChI is InChI=1S/C13H17N5O2/c1-19-8-7-14-13-17-12(9-15-18-13)16-10-3-5-11(20-2)6-4-10/h3-6,9H,7-8H2,1-2H3,(H2,14,16,17,18). The van der Waals surface area contributed by atoms with Gasteiger partial charge in [0.25, 0.3) is 0 Å². The van der Waals surface area contributed by atoms with Crippen molar-refractivity contribution in [2.45, 2.75) is 0 Å². The first kappa shape index (κ1) is 14.0. The molecule has 7 nitrogen and oxygen atoms in total. The second kappa shape index (κ2) is 7.25. The van der Waals surface area contributed by atoms with Gasteiger partial charge in [0.1, 0.15) is 5.75 Å². The lowest BCUT2D eigenvalue weighted by atomic mass is 10.3. The highest BCUT2D eigenvalue weighted by Gasteiger charge is 2.01. The normalized spacial score (nSPS) is 10.1. The molecule has 0 aliphatic heterocycles. The third-order valence-corrected chi connectivity index (χ3v) is 2.51. The lowest BCUT2D eigenvalue weighted by Crippen LogP contribution is -2.11. The van der Waals surface area contributed by atoms with Gasteiger partial charge in [0, 0.05) is 19.3 Å². The van der Waals surface area contributed by atoms with E-state index in [2.05, 4.69) is 25.8 Å². The fourth-order valence-electron chi connectivity index (χ4n) is 1.53. The van der Waals surface area contributed by atoms with Crippen molar-refractivity contribution in [3.63, 3.8) is 0 Å². The highest BCUT2D eigenvalue weighted by Crippen LogP contribution is 2.18. The second-order valence-electron chi connectivity index (χ2n) is 3.94. The Morgan fingerprint density at radius 1 is 1.15 bits per heavy atom. The number of anilines is 3. The number of rotatable bonds is 7. The van der Waals surface area contributed by atoms with Crippen molar-refractivity contribution in [3.8, 4) is 5.75 Å². The molecule has 0 fully saturated rings. The molecule has 1 aromatic carbocycles. The molecule has 0 amide bonds. The van der Waals surface area contributed by atoms with Crippen LogP contribution in [0.3, 0.4) is 0 Å². The van der Waals surface area contributed by atoms with E-state index in [1.807, 2.05) is 24.3 Å². The Balaban J connectivity index is 1.99. The van der Waals surface area contributed by atoms with Gasteiger partial charge in [0.05, 0.1) is 19.9 Å². The highest BCUT2D eigenvalue weighted by molar-refractivity contribution is 5.57. The van der Waals surface area contributed by atoms with E-state index >= 15 is 0 Å². The summed E-state index contributed by atoms with van der Waals surface area (Å²) in [5.41, 5.74) is 0.897. The zero-order valence-electron chi connectivity index (χ0n) is 11.5. The molecule has 2 N–H and O–H groups in total. The van der Waals surface area contributed by atoms with E-state index in [1.165, 1.54) is 0 Å². The van der Waals surface area contributed by atoms with E-state index < -0.39 is 0 Å². The average Bonchev–Trinajstić information content (AvgIpc) is 2.49. The number of aromatic nitrogens is 3. The Labute approximate surface area is 117 Å². The zero-order chi connectivity index (χ0) is 14.2. The summed E-state index contributed by atoms with van der Waals surface area (Å²) in [5, 5.41) is 13.9. The van der Waals surface area contributed by atoms with Gasteiger partial charge < -0.3 is 20.1 Å². The summed E-state index contributed by atoms with van der Waals surface area (Å²) in [6.07, 6.45) is 1.56. The Hall–Kier alpha value is -2.41. The topological polar surface area (TPSA) is 81.2 Å². The van der Waals surface area contributed by atoms with Crippen molar-refractivity contribution in [1.82, 2.24) is 15.2 Å². The van der Waals surface area contributed by atoms with Gasteiger partial charge in [-0.05, 0) is 24.3 Å². The molecule has 0 atom stereocenters. The van der Waals surface area contributed by atoms with Crippen LogP contribution in [0, 0.1) is 0 Å². The molecule has 0 aliphatic carbocycles. The monoisotopic (exact) mass is 275 g/mol.